The summed E-state index contributed by atoms with van der Waals surface area (Å²) in [6, 6.07) is 21.4. The third-order valence-electron chi connectivity index (χ3n) is 7.08. The minimum atomic E-state index is -4.35. The summed E-state index contributed by atoms with van der Waals surface area (Å²) in [6.45, 7) is 3.96. The summed E-state index contributed by atoms with van der Waals surface area (Å²) in [5, 5.41) is 1.48. The van der Waals surface area contributed by atoms with Gasteiger partial charge in [0, 0.05) is 6.61 Å². The molecule has 0 aromatic heterocycles. The topological polar surface area (TPSA) is 118 Å². The summed E-state index contributed by atoms with van der Waals surface area (Å²) in [5.74, 6) is 0. The first-order valence-corrected chi connectivity index (χ1v) is 16.6. The Labute approximate surface area is 247 Å². The van der Waals surface area contributed by atoms with E-state index >= 15 is 0 Å². The van der Waals surface area contributed by atoms with Gasteiger partial charge >= 0.3 is 0 Å². The molecule has 0 N–H and O–H groups in total. The van der Waals surface area contributed by atoms with E-state index in [1.807, 2.05) is 32.0 Å². The fraction of sp³-hybridized carbons (Fsp3) is 0.400. The largest absolute Gasteiger partial charge is 0.353 e. The average Bonchev–Trinajstić information content (AvgIpc) is 2.98. The van der Waals surface area contributed by atoms with Gasteiger partial charge in [-0.25, -0.2) is 0 Å². The summed E-state index contributed by atoms with van der Waals surface area (Å²) in [4.78, 5) is 6.10. The second-order valence-corrected chi connectivity index (χ2v) is 13.5. The van der Waals surface area contributed by atoms with Crippen LogP contribution in [0.4, 0.5) is 5.69 Å². The van der Waals surface area contributed by atoms with Crippen LogP contribution in [0.25, 0.3) is 0 Å². The summed E-state index contributed by atoms with van der Waals surface area (Å²) >= 11 is 0. The molecule has 5 rings (SSSR count). The zero-order valence-electron chi connectivity index (χ0n) is 23.5. The molecular weight excluding hydrogens is 582 g/mol. The second kappa shape index (κ2) is 13.2. The van der Waals surface area contributed by atoms with Crippen LogP contribution in [0.1, 0.15) is 30.4 Å². The van der Waals surface area contributed by atoms with Crippen molar-refractivity contribution in [2.45, 2.75) is 67.5 Å². The number of nitrogens with zero attached hydrogens (tertiary/aromatic N) is 1. The molecule has 0 saturated carbocycles. The van der Waals surface area contributed by atoms with Crippen molar-refractivity contribution in [3.05, 3.63) is 90.0 Å². The van der Waals surface area contributed by atoms with Gasteiger partial charge < -0.3 is 9.47 Å². The van der Waals surface area contributed by atoms with Crippen LogP contribution in [0.15, 0.2) is 88.7 Å². The molecular formula is C30H35NO9S2. The molecule has 2 aliphatic rings. The molecule has 0 spiro atoms. The van der Waals surface area contributed by atoms with Gasteiger partial charge in [-0.2, -0.15) is 16.8 Å². The molecule has 2 heterocycles. The lowest BCUT2D eigenvalue weighted by molar-refractivity contribution is -0.203. The van der Waals surface area contributed by atoms with Gasteiger partial charge in [-0.3, -0.25) is 18.3 Å². The molecule has 4 atom stereocenters. The standard InChI is InChI=1S/C30H35NO9S2/c1-22-11-15-25(16-12-22)41(32,33)39-27-20-31(24-8-4-3-5-9-24)38-28(21-37-29-10-6-7-19-36-29)30(27)40-42(34,35)26-17-13-23(2)14-18-26/h3-5,8-9,11-18,27-30H,6-7,10,19-21H2,1-2H3. The third kappa shape index (κ3) is 7.56. The number of aryl methyl sites for hydroxylation is 2. The highest BCUT2D eigenvalue weighted by Crippen LogP contribution is 2.31. The highest BCUT2D eigenvalue weighted by Gasteiger charge is 2.46. The molecule has 0 bridgehead atoms. The van der Waals surface area contributed by atoms with Crippen molar-refractivity contribution in [3.63, 3.8) is 0 Å². The molecule has 3 aromatic carbocycles. The van der Waals surface area contributed by atoms with E-state index in [0.29, 0.717) is 18.7 Å². The molecule has 4 unspecified atom stereocenters. The molecule has 0 amide bonds. The van der Waals surface area contributed by atoms with Crippen molar-refractivity contribution in [3.8, 4) is 0 Å². The number of hydroxylamine groups is 1. The normalized spacial score (nSPS) is 23.5. The van der Waals surface area contributed by atoms with Crippen LogP contribution in [0.5, 0.6) is 0 Å². The maximum atomic E-state index is 13.5. The van der Waals surface area contributed by atoms with Crippen LogP contribution >= 0.6 is 0 Å². The lowest BCUT2D eigenvalue weighted by Gasteiger charge is -2.42. The molecule has 2 aliphatic heterocycles. The Balaban J connectivity index is 1.50. The van der Waals surface area contributed by atoms with Gasteiger partial charge in [-0.15, -0.1) is 0 Å². The number of hydrogen-bond acceptors (Lipinski definition) is 10. The van der Waals surface area contributed by atoms with Gasteiger partial charge in [0.15, 0.2) is 6.29 Å². The third-order valence-corrected chi connectivity index (χ3v) is 9.75. The number of benzene rings is 3. The lowest BCUT2D eigenvalue weighted by Crippen LogP contribution is -2.58. The van der Waals surface area contributed by atoms with Gasteiger partial charge in [0.2, 0.25) is 0 Å². The quantitative estimate of drug-likeness (QED) is 0.301. The van der Waals surface area contributed by atoms with E-state index in [1.54, 1.807) is 36.4 Å². The van der Waals surface area contributed by atoms with Gasteiger partial charge in [0.1, 0.15) is 18.3 Å². The predicted octanol–water partition coefficient (Wildman–Crippen LogP) is 4.52. The van der Waals surface area contributed by atoms with Crippen molar-refractivity contribution in [2.24, 2.45) is 0 Å². The lowest BCUT2D eigenvalue weighted by atomic mass is 10.1. The van der Waals surface area contributed by atoms with Gasteiger partial charge in [-0.05, 0) is 69.5 Å². The summed E-state index contributed by atoms with van der Waals surface area (Å²) < 4.78 is 77.1. The first kappa shape index (κ1) is 30.6. The van der Waals surface area contributed by atoms with Crippen LogP contribution in [-0.2, 0) is 42.9 Å². The molecule has 2 fully saturated rings. The minimum Gasteiger partial charge on any atom is -0.353 e. The first-order valence-electron chi connectivity index (χ1n) is 13.8. The summed E-state index contributed by atoms with van der Waals surface area (Å²) in [7, 11) is -8.68. The zero-order valence-corrected chi connectivity index (χ0v) is 25.1. The van der Waals surface area contributed by atoms with Crippen molar-refractivity contribution in [1.29, 1.82) is 0 Å². The molecule has 2 saturated heterocycles. The van der Waals surface area contributed by atoms with E-state index < -0.39 is 44.8 Å². The Hall–Kier alpha value is -2.84. The van der Waals surface area contributed by atoms with E-state index in [0.717, 1.165) is 24.0 Å². The Kier molecular flexibility index (Phi) is 9.63. The number of rotatable bonds is 10. The van der Waals surface area contributed by atoms with Crippen molar-refractivity contribution < 1.29 is 39.5 Å². The van der Waals surface area contributed by atoms with Crippen LogP contribution < -0.4 is 5.06 Å². The molecule has 10 nitrogen and oxygen atoms in total. The second-order valence-electron chi connectivity index (χ2n) is 10.4. The molecule has 0 aliphatic carbocycles. The number of ether oxygens (including phenoxy) is 2. The van der Waals surface area contributed by atoms with Crippen LogP contribution in [-0.4, -0.2) is 61.2 Å². The maximum absolute atomic E-state index is 13.5. The van der Waals surface area contributed by atoms with E-state index in [-0.39, 0.29) is 22.9 Å². The van der Waals surface area contributed by atoms with Crippen LogP contribution in [0.2, 0.25) is 0 Å². The van der Waals surface area contributed by atoms with Crippen molar-refractivity contribution >= 4 is 25.9 Å². The average molecular weight is 618 g/mol. The highest BCUT2D eigenvalue weighted by atomic mass is 32.2. The van der Waals surface area contributed by atoms with Crippen molar-refractivity contribution in [1.82, 2.24) is 0 Å². The van der Waals surface area contributed by atoms with Crippen molar-refractivity contribution in [2.75, 3.05) is 24.8 Å². The molecule has 0 radical (unpaired) electrons. The number of para-hydroxylation sites is 1. The first-order chi connectivity index (χ1) is 20.1. The molecule has 42 heavy (non-hydrogen) atoms. The molecule has 12 heteroatoms. The van der Waals surface area contributed by atoms with Crippen LogP contribution in [0, 0.1) is 13.8 Å². The number of hydrogen-bond donors (Lipinski definition) is 0. The fourth-order valence-corrected chi connectivity index (χ4v) is 6.94. The highest BCUT2D eigenvalue weighted by molar-refractivity contribution is 7.87. The summed E-state index contributed by atoms with van der Waals surface area (Å²) in [5.41, 5.74) is 2.37. The van der Waals surface area contributed by atoms with Gasteiger partial charge in [0.25, 0.3) is 20.2 Å². The Morgan fingerprint density at radius 2 is 1.38 bits per heavy atom. The Morgan fingerprint density at radius 3 is 1.95 bits per heavy atom. The van der Waals surface area contributed by atoms with Gasteiger partial charge in [0.05, 0.1) is 28.6 Å². The predicted molar refractivity (Wildman–Crippen MR) is 155 cm³/mol. The molecule has 226 valence electrons. The van der Waals surface area contributed by atoms with E-state index in [1.165, 1.54) is 29.3 Å². The molecule has 3 aromatic rings. The zero-order chi connectivity index (χ0) is 29.7. The monoisotopic (exact) mass is 617 g/mol. The fourth-order valence-electron chi connectivity index (χ4n) is 4.74. The number of anilines is 1. The SMILES string of the molecule is Cc1ccc(S(=O)(=O)OC2CN(c3ccccc3)OC(COC3CCCCO3)C2OS(=O)(=O)c2ccc(C)cc2)cc1. The van der Waals surface area contributed by atoms with Gasteiger partial charge in [-0.1, -0.05) is 53.6 Å². The minimum absolute atomic E-state index is 0.0607. The smallest absolute Gasteiger partial charge is 0.297 e. The maximum Gasteiger partial charge on any atom is 0.297 e. The Morgan fingerprint density at radius 1 is 0.786 bits per heavy atom. The van der Waals surface area contributed by atoms with E-state index in [9.17, 15) is 16.8 Å². The van der Waals surface area contributed by atoms with E-state index in [2.05, 4.69) is 0 Å². The van der Waals surface area contributed by atoms with E-state index in [4.69, 9.17) is 22.7 Å². The summed E-state index contributed by atoms with van der Waals surface area (Å²) in [6.07, 6.45) is -1.71. The van der Waals surface area contributed by atoms with Crippen LogP contribution in [0.3, 0.4) is 0 Å². The Bertz CT molecular complexity index is 1520.